The molecule has 0 aliphatic carbocycles. The van der Waals surface area contributed by atoms with Crippen LogP contribution in [0.25, 0.3) is 16.3 Å². The number of non-ortho nitro benzene ring substituents is 1. The molecule has 164 valence electrons. The highest BCUT2D eigenvalue weighted by Gasteiger charge is 2.17. The number of nitro groups is 1. The van der Waals surface area contributed by atoms with E-state index in [-0.39, 0.29) is 11.6 Å². The summed E-state index contributed by atoms with van der Waals surface area (Å²) in [5, 5.41) is 16.8. The second kappa shape index (κ2) is 9.84. The molecule has 0 bridgehead atoms. The Bertz CT molecular complexity index is 1350. The topological polar surface area (TPSA) is 97.9 Å². The molecule has 3 aromatic carbocycles. The van der Waals surface area contributed by atoms with E-state index in [2.05, 4.69) is 10.1 Å². The van der Waals surface area contributed by atoms with E-state index in [1.54, 1.807) is 31.4 Å². The minimum atomic E-state index is -0.472. The monoisotopic (exact) mass is 458 g/mol. The van der Waals surface area contributed by atoms with Crippen LogP contribution in [-0.4, -0.2) is 29.1 Å². The maximum absolute atomic E-state index is 13.1. The fourth-order valence-electron chi connectivity index (χ4n) is 2.92. The Morgan fingerprint density at radius 1 is 1.09 bits per heavy atom. The molecule has 1 aromatic heterocycles. The summed E-state index contributed by atoms with van der Waals surface area (Å²) in [5.74, 6) is 0.303. The number of benzene rings is 3. The summed E-state index contributed by atoms with van der Waals surface area (Å²) in [4.78, 5) is 28.0. The number of rotatable bonds is 7. The first kappa shape index (κ1) is 21.8. The number of hydrogen-bond donors (Lipinski definition) is 0. The van der Waals surface area contributed by atoms with Crippen molar-refractivity contribution in [2.45, 2.75) is 0 Å². The van der Waals surface area contributed by atoms with E-state index in [0.717, 1.165) is 10.3 Å². The zero-order valence-corrected chi connectivity index (χ0v) is 18.3. The van der Waals surface area contributed by atoms with E-state index in [1.807, 2.05) is 42.5 Å². The van der Waals surface area contributed by atoms with Gasteiger partial charge in [0.1, 0.15) is 5.75 Å². The largest absolute Gasteiger partial charge is 0.497 e. The first-order valence-corrected chi connectivity index (χ1v) is 10.7. The minimum Gasteiger partial charge on any atom is -0.497 e. The number of hydrogen-bond acceptors (Lipinski definition) is 7. The van der Waals surface area contributed by atoms with Crippen LogP contribution in [0.1, 0.15) is 11.1 Å². The molecule has 0 atom stereocenters. The van der Waals surface area contributed by atoms with Crippen LogP contribution in [-0.2, 0) is 4.79 Å². The predicted molar refractivity (Wildman–Crippen MR) is 130 cm³/mol. The highest BCUT2D eigenvalue weighted by molar-refractivity contribution is 7.22. The number of aromatic nitrogens is 1. The number of hydrazone groups is 1. The van der Waals surface area contributed by atoms with Crippen molar-refractivity contribution in [1.29, 1.82) is 0 Å². The molecule has 1 amide bonds. The third-order valence-corrected chi connectivity index (χ3v) is 5.61. The molecule has 4 aromatic rings. The van der Waals surface area contributed by atoms with Crippen molar-refractivity contribution < 1.29 is 14.5 Å². The Hall–Kier alpha value is -4.37. The molecule has 9 heteroatoms. The Balaban J connectivity index is 1.67. The molecule has 0 radical (unpaired) electrons. The standard InChI is InChI=1S/C24H18N4O4S/c1-32-20-12-13-21-22(15-20)33-24(26-21)27(23(29)14-9-17-5-3-2-4-6-17)25-16-18-7-10-19(11-8-18)28(30)31/h2-16H,1H3/b14-9+,25-16+. The van der Waals surface area contributed by atoms with Crippen LogP contribution >= 0.6 is 11.3 Å². The van der Waals surface area contributed by atoms with E-state index in [1.165, 1.54) is 40.8 Å². The van der Waals surface area contributed by atoms with Gasteiger partial charge in [-0.15, -0.1) is 0 Å². The molecule has 4 rings (SSSR count). The molecule has 8 nitrogen and oxygen atoms in total. The number of methoxy groups -OCH3 is 1. The fourth-order valence-corrected chi connectivity index (χ4v) is 3.88. The van der Waals surface area contributed by atoms with Gasteiger partial charge in [0, 0.05) is 18.2 Å². The smallest absolute Gasteiger partial charge is 0.273 e. The molecule has 0 saturated carbocycles. The van der Waals surface area contributed by atoms with Crippen molar-refractivity contribution in [3.63, 3.8) is 0 Å². The normalized spacial score (nSPS) is 11.3. The number of thiazole rings is 1. The number of carbonyl (C=O) groups excluding carboxylic acids is 1. The zero-order valence-electron chi connectivity index (χ0n) is 17.5. The van der Waals surface area contributed by atoms with Gasteiger partial charge in [0.2, 0.25) is 5.13 Å². The second-order valence-electron chi connectivity index (χ2n) is 6.82. The minimum absolute atomic E-state index is 0.0222. The lowest BCUT2D eigenvalue weighted by Crippen LogP contribution is -2.23. The summed E-state index contributed by atoms with van der Waals surface area (Å²) in [7, 11) is 1.59. The van der Waals surface area contributed by atoms with Gasteiger partial charge in [0.25, 0.3) is 11.6 Å². The third-order valence-electron chi connectivity index (χ3n) is 4.62. The number of ether oxygens (including phenoxy) is 1. The molecular weight excluding hydrogens is 440 g/mol. The average molecular weight is 458 g/mol. The lowest BCUT2D eigenvalue weighted by Gasteiger charge is -2.11. The van der Waals surface area contributed by atoms with Crippen molar-refractivity contribution in [2.24, 2.45) is 5.10 Å². The molecule has 33 heavy (non-hydrogen) atoms. The maximum atomic E-state index is 13.1. The Morgan fingerprint density at radius 3 is 2.55 bits per heavy atom. The first-order valence-electron chi connectivity index (χ1n) is 9.84. The van der Waals surface area contributed by atoms with E-state index >= 15 is 0 Å². The van der Waals surface area contributed by atoms with Crippen LogP contribution in [0.3, 0.4) is 0 Å². The molecule has 0 spiro atoms. The van der Waals surface area contributed by atoms with Crippen LogP contribution in [0.15, 0.2) is 84.0 Å². The van der Waals surface area contributed by atoms with Gasteiger partial charge in [-0.2, -0.15) is 10.1 Å². The van der Waals surface area contributed by atoms with Gasteiger partial charge in [0.15, 0.2) is 0 Å². The average Bonchev–Trinajstić information content (AvgIpc) is 3.26. The molecular formula is C24H18N4O4S. The van der Waals surface area contributed by atoms with Crippen LogP contribution in [0.5, 0.6) is 5.75 Å². The second-order valence-corrected chi connectivity index (χ2v) is 7.83. The summed E-state index contributed by atoms with van der Waals surface area (Å²) >= 11 is 1.30. The summed E-state index contributed by atoms with van der Waals surface area (Å²) in [6, 6.07) is 20.8. The third kappa shape index (κ3) is 5.28. The van der Waals surface area contributed by atoms with Crippen LogP contribution in [0.2, 0.25) is 0 Å². The Kier molecular flexibility index (Phi) is 6.51. The van der Waals surface area contributed by atoms with E-state index < -0.39 is 4.92 Å². The molecule has 0 aliphatic heterocycles. The Labute approximate surface area is 193 Å². The molecule has 0 fully saturated rings. The van der Waals surface area contributed by atoms with Crippen LogP contribution < -0.4 is 9.75 Å². The summed E-state index contributed by atoms with van der Waals surface area (Å²) in [6.07, 6.45) is 4.59. The van der Waals surface area contributed by atoms with Crippen molar-refractivity contribution in [3.8, 4) is 5.75 Å². The molecule has 0 saturated heterocycles. The van der Waals surface area contributed by atoms with Crippen LogP contribution in [0, 0.1) is 10.1 Å². The quantitative estimate of drug-likeness (QED) is 0.162. The van der Waals surface area contributed by atoms with Gasteiger partial charge >= 0.3 is 0 Å². The van der Waals surface area contributed by atoms with Gasteiger partial charge in [-0.25, -0.2) is 4.98 Å². The SMILES string of the molecule is COc1ccc2nc(N(/N=C/c3ccc([N+](=O)[O-])cc3)C(=O)/C=C/c3ccccc3)sc2c1. The molecule has 1 heterocycles. The van der Waals surface area contributed by atoms with E-state index in [4.69, 9.17) is 4.74 Å². The molecule has 0 N–H and O–H groups in total. The maximum Gasteiger partial charge on any atom is 0.273 e. The number of anilines is 1. The van der Waals surface area contributed by atoms with Crippen molar-refractivity contribution in [1.82, 2.24) is 4.98 Å². The van der Waals surface area contributed by atoms with Gasteiger partial charge < -0.3 is 4.74 Å². The number of fused-ring (bicyclic) bond motifs is 1. The highest BCUT2D eigenvalue weighted by Crippen LogP contribution is 2.32. The van der Waals surface area contributed by atoms with Crippen molar-refractivity contribution >= 4 is 50.6 Å². The molecule has 0 aliphatic rings. The number of nitrogens with zero attached hydrogens (tertiary/aromatic N) is 4. The van der Waals surface area contributed by atoms with Gasteiger partial charge in [0.05, 0.1) is 28.5 Å². The lowest BCUT2D eigenvalue weighted by molar-refractivity contribution is -0.384. The van der Waals surface area contributed by atoms with Crippen molar-refractivity contribution in [2.75, 3.05) is 12.1 Å². The van der Waals surface area contributed by atoms with E-state index in [0.29, 0.717) is 22.0 Å². The molecule has 0 unspecified atom stereocenters. The summed E-state index contributed by atoms with van der Waals surface area (Å²) in [5.41, 5.74) is 2.17. The number of nitro benzene ring substituents is 1. The van der Waals surface area contributed by atoms with Crippen molar-refractivity contribution in [3.05, 3.63) is 100 Å². The summed E-state index contributed by atoms with van der Waals surface area (Å²) in [6.45, 7) is 0. The van der Waals surface area contributed by atoms with Gasteiger partial charge in [-0.1, -0.05) is 41.7 Å². The van der Waals surface area contributed by atoms with Crippen LogP contribution in [0.4, 0.5) is 10.8 Å². The predicted octanol–water partition coefficient (Wildman–Crippen LogP) is 5.29. The highest BCUT2D eigenvalue weighted by atomic mass is 32.1. The first-order chi connectivity index (χ1) is 16.0. The summed E-state index contributed by atoms with van der Waals surface area (Å²) < 4.78 is 6.12. The van der Waals surface area contributed by atoms with Gasteiger partial charge in [-0.3, -0.25) is 14.9 Å². The fraction of sp³-hybridized carbons (Fsp3) is 0.0417. The zero-order chi connectivity index (χ0) is 23.2. The lowest BCUT2D eigenvalue weighted by atomic mass is 10.2. The number of carbonyl (C=O) groups is 1. The van der Waals surface area contributed by atoms with Gasteiger partial charge in [-0.05, 0) is 47.5 Å². The number of amides is 1. The van der Waals surface area contributed by atoms with E-state index in [9.17, 15) is 14.9 Å². The Morgan fingerprint density at radius 2 is 1.85 bits per heavy atom.